The van der Waals surface area contributed by atoms with Gasteiger partial charge in [0.25, 0.3) is 0 Å². The summed E-state index contributed by atoms with van der Waals surface area (Å²) in [4.78, 5) is 0. The van der Waals surface area contributed by atoms with Gasteiger partial charge in [-0.2, -0.15) is 0 Å². The molecule has 0 aliphatic carbocycles. The van der Waals surface area contributed by atoms with Crippen molar-refractivity contribution in [2.75, 3.05) is 6.61 Å². The average molecular weight is 278 g/mol. The second kappa shape index (κ2) is 8.20. The van der Waals surface area contributed by atoms with E-state index in [1.165, 1.54) is 5.57 Å². The first-order valence-corrected chi connectivity index (χ1v) is 7.07. The van der Waals surface area contributed by atoms with E-state index in [-0.39, 0.29) is 6.61 Å². The van der Waals surface area contributed by atoms with Gasteiger partial charge in [-0.25, -0.2) is 0 Å². The molecule has 2 atom stereocenters. The quantitative estimate of drug-likeness (QED) is 0.719. The van der Waals surface area contributed by atoms with Crippen molar-refractivity contribution in [1.82, 2.24) is 0 Å². The predicted molar refractivity (Wildman–Crippen MR) is 81.4 cm³/mol. The summed E-state index contributed by atoms with van der Waals surface area (Å²) in [5.74, 6) is 0. The Kier molecular flexibility index (Phi) is 6.93. The van der Waals surface area contributed by atoms with Crippen LogP contribution in [-0.2, 0) is 11.3 Å². The lowest BCUT2D eigenvalue weighted by Gasteiger charge is -2.28. The molecule has 0 heterocycles. The molecule has 0 unspecified atom stereocenters. The highest BCUT2D eigenvalue weighted by molar-refractivity contribution is 5.13. The minimum atomic E-state index is -1.12. The van der Waals surface area contributed by atoms with Gasteiger partial charge >= 0.3 is 0 Å². The van der Waals surface area contributed by atoms with Gasteiger partial charge in [0.15, 0.2) is 0 Å². The molecule has 1 aromatic carbocycles. The highest BCUT2D eigenvalue weighted by Crippen LogP contribution is 2.18. The average Bonchev–Trinajstić information content (AvgIpc) is 2.39. The summed E-state index contributed by atoms with van der Waals surface area (Å²) in [7, 11) is 0. The molecule has 20 heavy (non-hydrogen) atoms. The molecule has 0 bridgehead atoms. The van der Waals surface area contributed by atoms with Crippen molar-refractivity contribution >= 4 is 0 Å². The van der Waals surface area contributed by atoms with E-state index in [0.29, 0.717) is 13.0 Å². The van der Waals surface area contributed by atoms with Crippen LogP contribution in [-0.4, -0.2) is 28.5 Å². The highest BCUT2D eigenvalue weighted by Gasteiger charge is 2.29. The van der Waals surface area contributed by atoms with Crippen LogP contribution in [0.4, 0.5) is 0 Å². The van der Waals surface area contributed by atoms with E-state index in [0.717, 1.165) is 12.0 Å². The van der Waals surface area contributed by atoms with Gasteiger partial charge < -0.3 is 14.9 Å². The topological polar surface area (TPSA) is 49.7 Å². The smallest absolute Gasteiger partial charge is 0.106 e. The van der Waals surface area contributed by atoms with E-state index in [2.05, 4.69) is 6.08 Å². The Morgan fingerprint density at radius 3 is 2.55 bits per heavy atom. The van der Waals surface area contributed by atoms with Crippen molar-refractivity contribution in [3.05, 3.63) is 47.5 Å². The van der Waals surface area contributed by atoms with E-state index in [1.807, 2.05) is 44.2 Å². The number of aliphatic hydroxyl groups is 2. The molecule has 0 aliphatic rings. The Morgan fingerprint density at radius 1 is 1.30 bits per heavy atom. The molecule has 1 rings (SSSR count). The van der Waals surface area contributed by atoms with Gasteiger partial charge in [-0.15, -0.1) is 0 Å². The summed E-state index contributed by atoms with van der Waals surface area (Å²) in [6, 6.07) is 9.79. The van der Waals surface area contributed by atoms with E-state index in [4.69, 9.17) is 4.74 Å². The normalized spacial score (nSPS) is 15.4. The fraction of sp³-hybridized carbons (Fsp3) is 0.529. The number of rotatable bonds is 8. The van der Waals surface area contributed by atoms with Crippen molar-refractivity contribution in [2.45, 2.75) is 51.9 Å². The fourth-order valence-corrected chi connectivity index (χ4v) is 1.86. The minimum absolute atomic E-state index is 0.136. The third kappa shape index (κ3) is 6.33. The third-order valence-electron chi connectivity index (χ3n) is 3.31. The third-order valence-corrected chi connectivity index (χ3v) is 3.31. The van der Waals surface area contributed by atoms with E-state index < -0.39 is 11.7 Å². The lowest BCUT2D eigenvalue weighted by molar-refractivity contribution is -0.102. The largest absolute Gasteiger partial charge is 0.388 e. The van der Waals surface area contributed by atoms with Gasteiger partial charge in [0.1, 0.15) is 6.10 Å². The van der Waals surface area contributed by atoms with Crippen molar-refractivity contribution in [3.8, 4) is 0 Å². The zero-order valence-corrected chi connectivity index (χ0v) is 12.7. The minimum Gasteiger partial charge on any atom is -0.388 e. The van der Waals surface area contributed by atoms with Crippen LogP contribution in [0.15, 0.2) is 42.0 Å². The van der Waals surface area contributed by atoms with Gasteiger partial charge in [-0.1, -0.05) is 42.0 Å². The summed E-state index contributed by atoms with van der Waals surface area (Å²) < 4.78 is 5.47. The molecule has 0 aromatic heterocycles. The summed E-state index contributed by atoms with van der Waals surface area (Å²) in [6.07, 6.45) is 2.46. The first kappa shape index (κ1) is 16.9. The molecule has 2 N–H and O–H groups in total. The number of hydrogen-bond acceptors (Lipinski definition) is 3. The van der Waals surface area contributed by atoms with Crippen LogP contribution in [0.1, 0.15) is 39.2 Å². The van der Waals surface area contributed by atoms with Gasteiger partial charge in [0.05, 0.1) is 18.8 Å². The van der Waals surface area contributed by atoms with Gasteiger partial charge in [0.2, 0.25) is 0 Å². The summed E-state index contributed by atoms with van der Waals surface area (Å²) >= 11 is 0. The van der Waals surface area contributed by atoms with Crippen LogP contribution < -0.4 is 0 Å². The summed E-state index contributed by atoms with van der Waals surface area (Å²) in [6.45, 7) is 6.28. The standard InChI is InChI=1S/C17H26O3/c1-14(2)8-7-11-17(3,19)16(18)13-20-12-15-9-5-4-6-10-15/h4-6,8-10,16,18-19H,7,11-13H2,1-3H3/t16-,17+/m0/s1. The number of allylic oxidation sites excluding steroid dienone is 2. The van der Waals surface area contributed by atoms with E-state index in [1.54, 1.807) is 6.92 Å². The zero-order chi connectivity index (χ0) is 15.0. The molecular weight excluding hydrogens is 252 g/mol. The Bertz CT molecular complexity index is 406. The Morgan fingerprint density at radius 2 is 1.95 bits per heavy atom. The Hall–Kier alpha value is -1.16. The maximum Gasteiger partial charge on any atom is 0.106 e. The maximum atomic E-state index is 10.2. The first-order chi connectivity index (χ1) is 9.42. The molecular formula is C17H26O3. The van der Waals surface area contributed by atoms with Gasteiger partial charge in [-0.05, 0) is 39.2 Å². The molecule has 3 nitrogen and oxygen atoms in total. The molecule has 0 aliphatic heterocycles. The summed E-state index contributed by atoms with van der Waals surface area (Å²) in [5.41, 5.74) is 1.15. The summed E-state index contributed by atoms with van der Waals surface area (Å²) in [5, 5.41) is 20.3. The second-order valence-corrected chi connectivity index (χ2v) is 5.69. The number of ether oxygens (including phenoxy) is 1. The van der Waals surface area contributed by atoms with E-state index >= 15 is 0 Å². The number of hydrogen-bond donors (Lipinski definition) is 2. The van der Waals surface area contributed by atoms with Gasteiger partial charge in [0, 0.05) is 0 Å². The molecule has 0 amide bonds. The molecule has 0 saturated heterocycles. The fourth-order valence-electron chi connectivity index (χ4n) is 1.86. The maximum absolute atomic E-state index is 10.2. The molecule has 0 radical (unpaired) electrons. The molecule has 0 fully saturated rings. The Labute approximate surface area is 121 Å². The van der Waals surface area contributed by atoms with Crippen LogP contribution in [0, 0.1) is 0 Å². The SMILES string of the molecule is CC(C)=CCC[C@@](C)(O)[C@@H](O)COCc1ccccc1. The number of aliphatic hydroxyl groups excluding tert-OH is 1. The second-order valence-electron chi connectivity index (χ2n) is 5.69. The zero-order valence-electron chi connectivity index (χ0n) is 12.7. The van der Waals surface area contributed by atoms with Crippen LogP contribution in [0.3, 0.4) is 0 Å². The van der Waals surface area contributed by atoms with Crippen molar-refractivity contribution in [2.24, 2.45) is 0 Å². The van der Waals surface area contributed by atoms with Crippen LogP contribution >= 0.6 is 0 Å². The van der Waals surface area contributed by atoms with Crippen LogP contribution in [0.25, 0.3) is 0 Å². The lowest BCUT2D eigenvalue weighted by atomic mass is 9.93. The van der Waals surface area contributed by atoms with Crippen LogP contribution in [0.2, 0.25) is 0 Å². The van der Waals surface area contributed by atoms with Gasteiger partial charge in [-0.3, -0.25) is 0 Å². The number of benzene rings is 1. The molecule has 3 heteroatoms. The molecule has 1 aromatic rings. The first-order valence-electron chi connectivity index (χ1n) is 7.07. The molecule has 112 valence electrons. The lowest BCUT2D eigenvalue weighted by Crippen LogP contribution is -2.42. The van der Waals surface area contributed by atoms with Crippen molar-refractivity contribution in [1.29, 1.82) is 0 Å². The van der Waals surface area contributed by atoms with E-state index in [9.17, 15) is 10.2 Å². The Balaban J connectivity index is 2.33. The highest BCUT2D eigenvalue weighted by atomic mass is 16.5. The molecule has 0 spiro atoms. The van der Waals surface area contributed by atoms with Crippen LogP contribution in [0.5, 0.6) is 0 Å². The predicted octanol–water partition coefficient (Wildman–Crippen LogP) is 3.06. The van der Waals surface area contributed by atoms with Crippen molar-refractivity contribution < 1.29 is 14.9 Å². The van der Waals surface area contributed by atoms with Crippen molar-refractivity contribution in [3.63, 3.8) is 0 Å². The monoisotopic (exact) mass is 278 g/mol. The molecule has 0 saturated carbocycles.